The molecule has 1 N–H and O–H groups in total. The first-order chi connectivity index (χ1) is 18.4. The molecule has 0 aliphatic heterocycles. The highest BCUT2D eigenvalue weighted by Crippen LogP contribution is 2.39. The number of halogens is 3. The minimum atomic E-state index is -0.548. The zero-order valence-corrected chi connectivity index (χ0v) is 22.7. The molecular weight excluding hydrogens is 528 g/mol. The summed E-state index contributed by atoms with van der Waals surface area (Å²) in [5.74, 6) is -0.572. The fourth-order valence-corrected chi connectivity index (χ4v) is 6.70. The van der Waals surface area contributed by atoms with E-state index in [0.717, 1.165) is 42.4 Å². The van der Waals surface area contributed by atoms with Crippen molar-refractivity contribution >= 4 is 38.9 Å². The molecule has 4 aromatic rings. The SMILES string of the molecule is CN[C@H]1CC[C@H](N(Cc2cc(-c3ccc(F)nc3)ccc2OC)C(=O)c2sc3cccc(F)c3c2Cl)CC1. The number of amides is 1. The predicted octanol–water partition coefficient (Wildman–Crippen LogP) is 7.08. The Bertz CT molecular complexity index is 1450. The van der Waals surface area contributed by atoms with Gasteiger partial charge in [-0.15, -0.1) is 11.3 Å². The number of ether oxygens (including phenoxy) is 1. The van der Waals surface area contributed by atoms with Gasteiger partial charge >= 0.3 is 0 Å². The number of carbonyl (C=O) groups excluding carboxylic acids is 1. The molecule has 1 aliphatic carbocycles. The van der Waals surface area contributed by atoms with E-state index in [4.69, 9.17) is 16.3 Å². The van der Waals surface area contributed by atoms with E-state index < -0.39 is 11.8 Å². The molecule has 1 fully saturated rings. The minimum absolute atomic E-state index is 0.0147. The van der Waals surface area contributed by atoms with Crippen LogP contribution in [0.4, 0.5) is 8.78 Å². The summed E-state index contributed by atoms with van der Waals surface area (Å²) < 4.78 is 34.3. The molecule has 0 atom stereocenters. The van der Waals surface area contributed by atoms with Gasteiger partial charge in [0.25, 0.3) is 5.91 Å². The first-order valence-electron chi connectivity index (χ1n) is 12.5. The van der Waals surface area contributed by atoms with E-state index in [1.54, 1.807) is 25.3 Å². The third kappa shape index (κ3) is 5.25. The standard InChI is InChI=1S/C29H28ClF2N3O2S/c1-33-20-8-10-21(11-9-20)35(29(36)28-27(30)26-22(31)4-3-5-24(26)38-28)16-19-14-17(6-12-23(19)37-2)18-7-13-25(32)34-15-18/h3-7,12-15,20-21,33H,8-11,16H2,1-2H3/t20-,21-. The summed E-state index contributed by atoms with van der Waals surface area (Å²) >= 11 is 7.83. The smallest absolute Gasteiger partial charge is 0.266 e. The van der Waals surface area contributed by atoms with Crippen LogP contribution in [0.2, 0.25) is 5.02 Å². The zero-order valence-electron chi connectivity index (χ0n) is 21.1. The summed E-state index contributed by atoms with van der Waals surface area (Å²) in [7, 11) is 3.55. The van der Waals surface area contributed by atoms with Gasteiger partial charge in [-0.3, -0.25) is 4.79 Å². The van der Waals surface area contributed by atoms with E-state index in [1.807, 2.05) is 30.1 Å². The number of hydrogen-bond donors (Lipinski definition) is 1. The van der Waals surface area contributed by atoms with Gasteiger partial charge in [-0.05, 0) is 74.7 Å². The number of hydrogen-bond acceptors (Lipinski definition) is 5. The van der Waals surface area contributed by atoms with Gasteiger partial charge in [-0.2, -0.15) is 4.39 Å². The van der Waals surface area contributed by atoms with Crippen LogP contribution in [0.5, 0.6) is 5.75 Å². The van der Waals surface area contributed by atoms with Crippen molar-refractivity contribution in [3.05, 3.63) is 82.0 Å². The average molecular weight is 556 g/mol. The van der Waals surface area contributed by atoms with E-state index in [2.05, 4.69) is 10.3 Å². The molecule has 1 aliphatic rings. The summed E-state index contributed by atoms with van der Waals surface area (Å²) in [6, 6.07) is 13.8. The van der Waals surface area contributed by atoms with Crippen LogP contribution in [-0.2, 0) is 6.54 Å². The predicted molar refractivity (Wildman–Crippen MR) is 148 cm³/mol. The summed E-state index contributed by atoms with van der Waals surface area (Å²) in [6.45, 7) is 0.284. The molecule has 2 aromatic heterocycles. The van der Waals surface area contributed by atoms with Gasteiger partial charge in [0.1, 0.15) is 16.4 Å². The third-order valence-corrected chi connectivity index (χ3v) is 8.92. The number of pyridine rings is 1. The minimum Gasteiger partial charge on any atom is -0.496 e. The van der Waals surface area contributed by atoms with Crippen molar-refractivity contribution in [3.8, 4) is 16.9 Å². The van der Waals surface area contributed by atoms with Crippen LogP contribution in [0.1, 0.15) is 40.9 Å². The first kappa shape index (κ1) is 26.5. The molecule has 0 spiro atoms. The molecule has 5 nitrogen and oxygen atoms in total. The van der Waals surface area contributed by atoms with Gasteiger partial charge in [0.2, 0.25) is 5.95 Å². The Kier molecular flexibility index (Phi) is 7.93. The van der Waals surface area contributed by atoms with Gasteiger partial charge in [0.05, 0.1) is 12.1 Å². The molecule has 1 saturated carbocycles. The lowest BCUT2D eigenvalue weighted by atomic mass is 9.89. The topological polar surface area (TPSA) is 54.5 Å². The molecule has 9 heteroatoms. The number of rotatable bonds is 7. The maximum absolute atomic E-state index is 14.6. The van der Waals surface area contributed by atoms with Crippen molar-refractivity contribution in [2.24, 2.45) is 0 Å². The maximum Gasteiger partial charge on any atom is 0.266 e. The number of fused-ring (bicyclic) bond motifs is 1. The van der Waals surface area contributed by atoms with Crippen LogP contribution < -0.4 is 10.1 Å². The highest BCUT2D eigenvalue weighted by Gasteiger charge is 2.32. The van der Waals surface area contributed by atoms with Crippen molar-refractivity contribution in [1.82, 2.24) is 15.2 Å². The van der Waals surface area contributed by atoms with Crippen LogP contribution in [0, 0.1) is 11.8 Å². The Morgan fingerprint density at radius 3 is 2.55 bits per heavy atom. The molecule has 198 valence electrons. The molecule has 2 aromatic carbocycles. The Hall–Kier alpha value is -3.07. The fraction of sp³-hybridized carbons (Fsp3) is 0.310. The quantitative estimate of drug-likeness (QED) is 0.248. The van der Waals surface area contributed by atoms with E-state index in [0.29, 0.717) is 21.4 Å². The Morgan fingerprint density at radius 1 is 1.13 bits per heavy atom. The molecule has 0 saturated heterocycles. The second-order valence-corrected chi connectivity index (χ2v) is 10.9. The van der Waals surface area contributed by atoms with Crippen molar-refractivity contribution in [1.29, 1.82) is 0 Å². The number of aromatic nitrogens is 1. The molecule has 0 radical (unpaired) electrons. The molecule has 38 heavy (non-hydrogen) atoms. The van der Waals surface area contributed by atoms with Crippen LogP contribution in [0.3, 0.4) is 0 Å². The Labute approximate surface area is 229 Å². The lowest BCUT2D eigenvalue weighted by molar-refractivity contribution is 0.0604. The van der Waals surface area contributed by atoms with E-state index in [1.165, 1.54) is 29.7 Å². The Morgan fingerprint density at radius 2 is 1.89 bits per heavy atom. The zero-order chi connectivity index (χ0) is 26.8. The fourth-order valence-electron chi connectivity index (χ4n) is 5.19. The number of nitrogens with zero attached hydrogens (tertiary/aromatic N) is 2. The summed E-state index contributed by atoms with van der Waals surface area (Å²) in [5, 5.41) is 3.77. The molecule has 0 bridgehead atoms. The van der Waals surface area contributed by atoms with Crippen LogP contribution in [-0.4, -0.2) is 42.0 Å². The van der Waals surface area contributed by atoms with E-state index in [-0.39, 0.29) is 28.9 Å². The maximum atomic E-state index is 14.6. The Balaban J connectivity index is 1.54. The van der Waals surface area contributed by atoms with E-state index in [9.17, 15) is 13.6 Å². The van der Waals surface area contributed by atoms with Crippen molar-refractivity contribution in [2.75, 3.05) is 14.2 Å². The highest BCUT2D eigenvalue weighted by atomic mass is 35.5. The molecule has 0 unspecified atom stereocenters. The summed E-state index contributed by atoms with van der Waals surface area (Å²) in [6.07, 6.45) is 5.03. The average Bonchev–Trinajstić information content (AvgIpc) is 3.29. The number of benzene rings is 2. The largest absolute Gasteiger partial charge is 0.496 e. The summed E-state index contributed by atoms with van der Waals surface area (Å²) in [4.78, 5) is 20.1. The molecule has 5 rings (SSSR count). The second kappa shape index (κ2) is 11.4. The van der Waals surface area contributed by atoms with Crippen LogP contribution >= 0.6 is 22.9 Å². The molecule has 2 heterocycles. The van der Waals surface area contributed by atoms with Gasteiger partial charge in [0.15, 0.2) is 0 Å². The lowest BCUT2D eigenvalue weighted by Crippen LogP contribution is -2.44. The van der Waals surface area contributed by atoms with Gasteiger partial charge in [-0.1, -0.05) is 23.7 Å². The van der Waals surface area contributed by atoms with Gasteiger partial charge in [-0.25, -0.2) is 9.37 Å². The lowest BCUT2D eigenvalue weighted by Gasteiger charge is -2.37. The number of thiophene rings is 1. The van der Waals surface area contributed by atoms with Gasteiger partial charge < -0.3 is 15.0 Å². The second-order valence-electron chi connectivity index (χ2n) is 9.48. The summed E-state index contributed by atoms with van der Waals surface area (Å²) in [5.41, 5.74) is 2.40. The first-order valence-corrected chi connectivity index (χ1v) is 13.7. The number of methoxy groups -OCH3 is 1. The monoisotopic (exact) mass is 555 g/mol. The van der Waals surface area contributed by atoms with Crippen LogP contribution in [0.25, 0.3) is 21.2 Å². The van der Waals surface area contributed by atoms with E-state index >= 15 is 0 Å². The van der Waals surface area contributed by atoms with Crippen molar-refractivity contribution in [3.63, 3.8) is 0 Å². The number of nitrogens with one attached hydrogen (secondary N) is 1. The third-order valence-electron chi connectivity index (χ3n) is 7.29. The number of carbonyl (C=O) groups is 1. The van der Waals surface area contributed by atoms with Gasteiger partial charge in [0, 0.05) is 46.0 Å². The van der Waals surface area contributed by atoms with Crippen LogP contribution in [0.15, 0.2) is 54.7 Å². The van der Waals surface area contributed by atoms with Crippen molar-refractivity contribution < 1.29 is 18.3 Å². The highest BCUT2D eigenvalue weighted by molar-refractivity contribution is 7.21. The van der Waals surface area contributed by atoms with Crippen molar-refractivity contribution in [2.45, 2.75) is 44.3 Å². The molecule has 1 amide bonds. The molecular formula is C29H28ClF2N3O2S. The normalized spacial score (nSPS) is 17.5.